The monoisotopic (exact) mass is 380 g/mol. The molecule has 0 spiro atoms. The Labute approximate surface area is 156 Å². The Morgan fingerprint density at radius 1 is 1.20 bits per heavy atom. The molecule has 2 N–H and O–H groups in total. The lowest BCUT2D eigenvalue weighted by Gasteiger charge is -2.22. The summed E-state index contributed by atoms with van der Waals surface area (Å²) in [6.45, 7) is 3.14. The third-order valence-corrected chi connectivity index (χ3v) is 5.37. The van der Waals surface area contributed by atoms with Gasteiger partial charge in [-0.05, 0) is 42.3 Å². The van der Waals surface area contributed by atoms with Gasteiger partial charge in [-0.3, -0.25) is 4.79 Å². The van der Waals surface area contributed by atoms with Crippen molar-refractivity contribution in [1.82, 2.24) is 10.6 Å². The van der Waals surface area contributed by atoms with Crippen molar-refractivity contribution in [2.75, 3.05) is 13.1 Å². The van der Waals surface area contributed by atoms with Gasteiger partial charge in [0.2, 0.25) is 5.91 Å². The summed E-state index contributed by atoms with van der Waals surface area (Å²) in [5, 5.41) is 7.23. The largest absolute Gasteiger partial charge is 0.349 e. The van der Waals surface area contributed by atoms with Crippen molar-refractivity contribution in [3.8, 4) is 0 Å². The van der Waals surface area contributed by atoms with Crippen molar-refractivity contribution in [1.29, 1.82) is 0 Å². The quantitative estimate of drug-likeness (QED) is 0.829. The van der Waals surface area contributed by atoms with Crippen molar-refractivity contribution in [3.63, 3.8) is 0 Å². The van der Waals surface area contributed by atoms with Crippen LogP contribution in [0.3, 0.4) is 0 Å². The maximum absolute atomic E-state index is 13.4. The first-order valence-corrected chi connectivity index (χ1v) is 8.93. The van der Waals surface area contributed by atoms with Crippen molar-refractivity contribution < 1.29 is 9.18 Å². The number of carbonyl (C=O) groups is 1. The number of rotatable bonds is 4. The van der Waals surface area contributed by atoms with E-state index < -0.39 is 0 Å². The first-order valence-electron chi connectivity index (χ1n) is 8.17. The van der Waals surface area contributed by atoms with Crippen LogP contribution in [0.4, 0.5) is 4.39 Å². The van der Waals surface area contributed by atoms with E-state index in [1.807, 2.05) is 19.1 Å². The molecule has 0 aliphatic carbocycles. The molecule has 1 saturated heterocycles. The molecule has 0 saturated carbocycles. The van der Waals surface area contributed by atoms with E-state index >= 15 is 0 Å². The number of hydrogen-bond donors (Lipinski definition) is 2. The average molecular weight is 381 g/mol. The number of amides is 1. The standard InChI is InChI=1S/C19H19Cl2FN2O/c1-11(12-3-2-4-14(22)7-12)24-19(25)16-10-23-9-15(16)13-5-6-17(20)18(21)8-13/h2-8,11,15-16,23H,9-10H2,1H3,(H,24,25)/t11-,15-,16+/m0/s1. The summed E-state index contributed by atoms with van der Waals surface area (Å²) in [5.41, 5.74) is 1.73. The molecule has 0 radical (unpaired) electrons. The molecule has 1 aliphatic rings. The number of hydrogen-bond acceptors (Lipinski definition) is 2. The number of benzene rings is 2. The fraction of sp³-hybridized carbons (Fsp3) is 0.316. The molecule has 132 valence electrons. The third kappa shape index (κ3) is 4.14. The molecule has 1 heterocycles. The van der Waals surface area contributed by atoms with Gasteiger partial charge in [0.05, 0.1) is 22.0 Å². The number of carbonyl (C=O) groups excluding carboxylic acids is 1. The normalized spacial score (nSPS) is 21.1. The van der Waals surface area contributed by atoms with Gasteiger partial charge in [0.1, 0.15) is 5.82 Å². The predicted octanol–water partition coefficient (Wildman–Crippen LogP) is 4.31. The van der Waals surface area contributed by atoms with Crippen LogP contribution >= 0.6 is 23.2 Å². The van der Waals surface area contributed by atoms with Gasteiger partial charge in [0.25, 0.3) is 0 Å². The summed E-state index contributed by atoms with van der Waals surface area (Å²) in [6.07, 6.45) is 0. The first-order chi connectivity index (χ1) is 12.0. The zero-order valence-electron chi connectivity index (χ0n) is 13.7. The maximum atomic E-state index is 13.4. The molecule has 2 aromatic carbocycles. The summed E-state index contributed by atoms with van der Waals surface area (Å²) in [6, 6.07) is 11.5. The Balaban J connectivity index is 1.73. The highest BCUT2D eigenvalue weighted by molar-refractivity contribution is 6.42. The van der Waals surface area contributed by atoms with Gasteiger partial charge < -0.3 is 10.6 Å². The first kappa shape index (κ1) is 18.2. The zero-order chi connectivity index (χ0) is 18.0. The van der Waals surface area contributed by atoms with Crippen LogP contribution in [0.15, 0.2) is 42.5 Å². The van der Waals surface area contributed by atoms with Gasteiger partial charge >= 0.3 is 0 Å². The van der Waals surface area contributed by atoms with E-state index in [-0.39, 0.29) is 29.6 Å². The maximum Gasteiger partial charge on any atom is 0.225 e. The van der Waals surface area contributed by atoms with Gasteiger partial charge in [-0.25, -0.2) is 4.39 Å². The molecule has 0 aromatic heterocycles. The Hall–Kier alpha value is -1.62. The van der Waals surface area contributed by atoms with E-state index in [9.17, 15) is 9.18 Å². The SMILES string of the molecule is C[C@H](NC(=O)[C@@H]1CNC[C@H]1c1ccc(Cl)c(Cl)c1)c1cccc(F)c1. The summed E-state index contributed by atoms with van der Waals surface area (Å²) < 4.78 is 13.4. The Bertz CT molecular complexity index is 784. The van der Waals surface area contributed by atoms with Crippen molar-refractivity contribution in [3.05, 3.63) is 69.5 Å². The highest BCUT2D eigenvalue weighted by Crippen LogP contribution is 2.33. The van der Waals surface area contributed by atoms with E-state index in [0.717, 1.165) is 11.1 Å². The molecule has 1 amide bonds. The second kappa shape index (κ2) is 7.73. The second-order valence-corrected chi connectivity index (χ2v) is 7.14. The minimum Gasteiger partial charge on any atom is -0.349 e. The van der Waals surface area contributed by atoms with Crippen LogP contribution in [-0.2, 0) is 4.79 Å². The van der Waals surface area contributed by atoms with Crippen LogP contribution in [-0.4, -0.2) is 19.0 Å². The lowest BCUT2D eigenvalue weighted by atomic mass is 9.88. The summed E-state index contributed by atoms with van der Waals surface area (Å²) >= 11 is 12.1. The van der Waals surface area contributed by atoms with Crippen LogP contribution in [0, 0.1) is 11.7 Å². The zero-order valence-corrected chi connectivity index (χ0v) is 15.2. The highest BCUT2D eigenvalue weighted by atomic mass is 35.5. The molecule has 1 fully saturated rings. The van der Waals surface area contributed by atoms with Crippen LogP contribution in [0.2, 0.25) is 10.0 Å². The average Bonchev–Trinajstić information content (AvgIpc) is 3.07. The number of nitrogens with one attached hydrogen (secondary N) is 2. The minimum atomic E-state index is -0.310. The van der Waals surface area contributed by atoms with Gasteiger partial charge in [0.15, 0.2) is 0 Å². The topological polar surface area (TPSA) is 41.1 Å². The smallest absolute Gasteiger partial charge is 0.225 e. The summed E-state index contributed by atoms with van der Waals surface area (Å²) in [4.78, 5) is 12.7. The van der Waals surface area contributed by atoms with Gasteiger partial charge in [-0.1, -0.05) is 41.4 Å². The van der Waals surface area contributed by atoms with E-state index in [0.29, 0.717) is 23.1 Å². The van der Waals surface area contributed by atoms with Crippen molar-refractivity contribution in [2.24, 2.45) is 5.92 Å². The molecule has 3 nitrogen and oxygen atoms in total. The van der Waals surface area contributed by atoms with Crippen molar-refractivity contribution >= 4 is 29.1 Å². The second-order valence-electron chi connectivity index (χ2n) is 6.33. The van der Waals surface area contributed by atoms with Gasteiger partial charge in [-0.2, -0.15) is 0 Å². The fourth-order valence-corrected chi connectivity index (χ4v) is 3.53. The molecule has 3 atom stereocenters. The summed E-state index contributed by atoms with van der Waals surface area (Å²) in [7, 11) is 0. The lowest BCUT2D eigenvalue weighted by molar-refractivity contribution is -0.125. The highest BCUT2D eigenvalue weighted by Gasteiger charge is 2.34. The van der Waals surface area contributed by atoms with Crippen LogP contribution in [0.25, 0.3) is 0 Å². The van der Waals surface area contributed by atoms with E-state index in [1.165, 1.54) is 12.1 Å². The molecule has 0 unspecified atom stereocenters. The molecule has 6 heteroatoms. The van der Waals surface area contributed by atoms with Crippen LogP contribution < -0.4 is 10.6 Å². The van der Waals surface area contributed by atoms with Crippen LogP contribution in [0.1, 0.15) is 30.0 Å². The Morgan fingerprint density at radius 2 is 2.00 bits per heavy atom. The Kier molecular flexibility index (Phi) is 5.62. The van der Waals surface area contributed by atoms with E-state index in [1.54, 1.807) is 18.2 Å². The van der Waals surface area contributed by atoms with Crippen LogP contribution in [0.5, 0.6) is 0 Å². The molecule has 25 heavy (non-hydrogen) atoms. The minimum absolute atomic E-state index is 0.0227. The third-order valence-electron chi connectivity index (χ3n) is 4.63. The van der Waals surface area contributed by atoms with E-state index in [2.05, 4.69) is 10.6 Å². The summed E-state index contributed by atoms with van der Waals surface area (Å²) in [5.74, 6) is -0.560. The fourth-order valence-electron chi connectivity index (χ4n) is 3.23. The van der Waals surface area contributed by atoms with E-state index in [4.69, 9.17) is 23.2 Å². The van der Waals surface area contributed by atoms with Gasteiger partial charge in [0, 0.05) is 19.0 Å². The molecular formula is C19H19Cl2FN2O. The predicted molar refractivity (Wildman–Crippen MR) is 98.5 cm³/mol. The molecule has 0 bridgehead atoms. The van der Waals surface area contributed by atoms with Crippen molar-refractivity contribution in [2.45, 2.75) is 18.9 Å². The lowest BCUT2D eigenvalue weighted by Crippen LogP contribution is -2.36. The number of halogens is 3. The van der Waals surface area contributed by atoms with Gasteiger partial charge in [-0.15, -0.1) is 0 Å². The molecular weight excluding hydrogens is 362 g/mol. The Morgan fingerprint density at radius 3 is 2.72 bits per heavy atom. The molecule has 1 aliphatic heterocycles. The molecule has 2 aromatic rings. The molecule has 3 rings (SSSR count).